The highest BCUT2D eigenvalue weighted by molar-refractivity contribution is 5.96. The van der Waals surface area contributed by atoms with Gasteiger partial charge in [0.15, 0.2) is 0 Å². The van der Waals surface area contributed by atoms with Gasteiger partial charge in [0.05, 0.1) is 17.3 Å². The number of benzene rings is 1. The first-order valence-electron chi connectivity index (χ1n) is 15.9. The standard InChI is InChI=1S/C34H44N6O3/c1-24-21-27(22-35)36-25(2)31(24)32(41)37-17-13-34(3,14-18-37)38-15-9-29(10-16-38)40-30(26-7-5-4-6-8-26)23-39(33(40)42)28-11-19-43-20-12-28/h4-8,21,28-30H,9-20,23H2,1-3H3/t30-/m0/s1. The van der Waals surface area contributed by atoms with E-state index < -0.39 is 0 Å². The van der Waals surface area contributed by atoms with Crippen LogP contribution in [-0.4, -0.2) is 100 Å². The van der Waals surface area contributed by atoms with Gasteiger partial charge in [-0.1, -0.05) is 30.3 Å². The van der Waals surface area contributed by atoms with Crippen LogP contribution in [0.4, 0.5) is 4.79 Å². The van der Waals surface area contributed by atoms with Gasteiger partial charge in [0.2, 0.25) is 0 Å². The molecule has 4 fully saturated rings. The zero-order chi connectivity index (χ0) is 30.1. The van der Waals surface area contributed by atoms with E-state index in [9.17, 15) is 14.9 Å². The number of nitriles is 1. The predicted molar refractivity (Wildman–Crippen MR) is 164 cm³/mol. The molecule has 0 radical (unpaired) electrons. The summed E-state index contributed by atoms with van der Waals surface area (Å²) in [5.74, 6) is 0.0151. The molecule has 0 bridgehead atoms. The summed E-state index contributed by atoms with van der Waals surface area (Å²) in [5, 5.41) is 9.23. The molecule has 43 heavy (non-hydrogen) atoms. The number of hydrogen-bond acceptors (Lipinski definition) is 6. The van der Waals surface area contributed by atoms with Crippen LogP contribution in [0.5, 0.6) is 0 Å². The van der Waals surface area contributed by atoms with Crippen molar-refractivity contribution in [1.82, 2.24) is 24.6 Å². The van der Waals surface area contributed by atoms with Crippen LogP contribution in [0.1, 0.15) is 84.4 Å². The molecule has 228 valence electrons. The molecule has 0 N–H and O–H groups in total. The van der Waals surface area contributed by atoms with Gasteiger partial charge in [-0.05, 0) is 76.5 Å². The number of likely N-dealkylation sites (tertiary alicyclic amines) is 2. The first-order valence-corrected chi connectivity index (χ1v) is 15.9. The molecule has 5 heterocycles. The van der Waals surface area contributed by atoms with E-state index in [0.717, 1.165) is 76.9 Å². The molecule has 9 heteroatoms. The summed E-state index contributed by atoms with van der Waals surface area (Å²) in [4.78, 5) is 40.7. The second kappa shape index (κ2) is 12.3. The lowest BCUT2D eigenvalue weighted by molar-refractivity contribution is 0.00468. The number of aryl methyl sites for hydroxylation is 2. The topological polar surface area (TPSA) is 93.0 Å². The minimum atomic E-state index is 0.0151. The van der Waals surface area contributed by atoms with Crippen molar-refractivity contribution in [3.05, 3.63) is 64.5 Å². The fourth-order valence-corrected chi connectivity index (χ4v) is 7.85. The molecular formula is C34H44N6O3. The first kappa shape index (κ1) is 29.6. The van der Waals surface area contributed by atoms with E-state index in [-0.39, 0.29) is 35.6 Å². The number of carbonyl (C=O) groups is 2. The van der Waals surface area contributed by atoms with Crippen molar-refractivity contribution in [1.29, 1.82) is 5.26 Å². The SMILES string of the molecule is Cc1cc(C#N)nc(C)c1C(=O)N1CCC(C)(N2CCC(N3C(=O)N(C4CCOCC4)C[C@H]3c3ccccc3)CC2)CC1. The van der Waals surface area contributed by atoms with Crippen LogP contribution in [-0.2, 0) is 4.74 Å². The molecule has 0 saturated carbocycles. The number of urea groups is 1. The van der Waals surface area contributed by atoms with Crippen molar-refractivity contribution >= 4 is 11.9 Å². The van der Waals surface area contributed by atoms with E-state index in [1.54, 1.807) is 6.07 Å². The van der Waals surface area contributed by atoms with E-state index >= 15 is 0 Å². The zero-order valence-electron chi connectivity index (χ0n) is 25.8. The van der Waals surface area contributed by atoms with Crippen molar-refractivity contribution in [3.8, 4) is 6.07 Å². The van der Waals surface area contributed by atoms with Crippen molar-refractivity contribution in [3.63, 3.8) is 0 Å². The Labute approximate surface area is 255 Å². The average Bonchev–Trinajstić information content (AvgIpc) is 3.38. The van der Waals surface area contributed by atoms with Crippen LogP contribution in [0, 0.1) is 25.2 Å². The molecule has 1 atom stereocenters. The van der Waals surface area contributed by atoms with Crippen LogP contribution < -0.4 is 0 Å². The quantitative estimate of drug-likeness (QED) is 0.507. The summed E-state index contributed by atoms with van der Waals surface area (Å²) in [7, 11) is 0. The number of rotatable bonds is 5. The van der Waals surface area contributed by atoms with E-state index in [1.165, 1.54) is 5.56 Å². The summed E-state index contributed by atoms with van der Waals surface area (Å²) in [6, 6.07) is 15.1. The third-order valence-electron chi connectivity index (χ3n) is 10.5. The highest BCUT2D eigenvalue weighted by atomic mass is 16.5. The zero-order valence-corrected chi connectivity index (χ0v) is 25.8. The van der Waals surface area contributed by atoms with Gasteiger partial charge in [-0.15, -0.1) is 0 Å². The molecule has 0 spiro atoms. The van der Waals surface area contributed by atoms with Gasteiger partial charge in [-0.25, -0.2) is 9.78 Å². The third-order valence-corrected chi connectivity index (χ3v) is 10.5. The number of amides is 3. The second-order valence-corrected chi connectivity index (χ2v) is 13.0. The van der Waals surface area contributed by atoms with Crippen molar-refractivity contribution < 1.29 is 14.3 Å². The Hall–Kier alpha value is -3.48. The van der Waals surface area contributed by atoms with Gasteiger partial charge in [0.1, 0.15) is 11.8 Å². The Kier molecular flexibility index (Phi) is 8.43. The van der Waals surface area contributed by atoms with Crippen LogP contribution >= 0.6 is 0 Å². The molecule has 0 aliphatic carbocycles. The van der Waals surface area contributed by atoms with Crippen molar-refractivity contribution in [2.24, 2.45) is 0 Å². The molecule has 3 amide bonds. The maximum Gasteiger partial charge on any atom is 0.321 e. The maximum atomic E-state index is 14.0. The van der Waals surface area contributed by atoms with Crippen LogP contribution in [0.15, 0.2) is 36.4 Å². The number of nitrogens with zero attached hydrogens (tertiary/aromatic N) is 6. The van der Waals surface area contributed by atoms with Crippen molar-refractivity contribution in [2.45, 2.75) is 83.0 Å². The number of aromatic nitrogens is 1. The van der Waals surface area contributed by atoms with Gasteiger partial charge in [-0.2, -0.15) is 5.26 Å². The first-order chi connectivity index (χ1) is 20.8. The minimum Gasteiger partial charge on any atom is -0.381 e. The van der Waals surface area contributed by atoms with Gasteiger partial charge in [0.25, 0.3) is 5.91 Å². The normalized spacial score (nSPS) is 23.9. The molecular weight excluding hydrogens is 540 g/mol. The minimum absolute atomic E-state index is 0.0151. The van der Waals surface area contributed by atoms with E-state index in [0.29, 0.717) is 30.0 Å². The van der Waals surface area contributed by atoms with E-state index in [2.05, 4.69) is 56.9 Å². The maximum absolute atomic E-state index is 14.0. The fourth-order valence-electron chi connectivity index (χ4n) is 7.85. The molecule has 2 aromatic rings. The summed E-state index contributed by atoms with van der Waals surface area (Å²) in [6.07, 6.45) is 5.58. The lowest BCUT2D eigenvalue weighted by Crippen LogP contribution is -2.58. The third kappa shape index (κ3) is 5.75. The van der Waals surface area contributed by atoms with Crippen LogP contribution in [0.2, 0.25) is 0 Å². The number of carbonyl (C=O) groups excluding carboxylic acids is 2. The molecule has 4 aliphatic heterocycles. The number of hydrogen-bond donors (Lipinski definition) is 0. The Balaban J connectivity index is 1.10. The highest BCUT2D eigenvalue weighted by Crippen LogP contribution is 2.39. The van der Waals surface area contributed by atoms with Gasteiger partial charge < -0.3 is 19.4 Å². The summed E-state index contributed by atoms with van der Waals surface area (Å²) >= 11 is 0. The molecule has 6 rings (SSSR count). The lowest BCUT2D eigenvalue weighted by Gasteiger charge is -2.50. The highest BCUT2D eigenvalue weighted by Gasteiger charge is 2.47. The summed E-state index contributed by atoms with van der Waals surface area (Å²) < 4.78 is 5.60. The molecule has 4 aliphatic rings. The molecule has 1 aromatic carbocycles. The van der Waals surface area contributed by atoms with Gasteiger partial charge >= 0.3 is 6.03 Å². The largest absolute Gasteiger partial charge is 0.381 e. The number of pyridine rings is 1. The smallest absolute Gasteiger partial charge is 0.321 e. The predicted octanol–water partition coefficient (Wildman–Crippen LogP) is 4.69. The summed E-state index contributed by atoms with van der Waals surface area (Å²) in [5.41, 5.74) is 3.66. The van der Waals surface area contributed by atoms with Crippen LogP contribution in [0.25, 0.3) is 0 Å². The Morgan fingerprint density at radius 2 is 1.67 bits per heavy atom. The van der Waals surface area contributed by atoms with Crippen LogP contribution in [0.3, 0.4) is 0 Å². The molecule has 9 nitrogen and oxygen atoms in total. The van der Waals surface area contributed by atoms with E-state index in [4.69, 9.17) is 4.74 Å². The average molecular weight is 585 g/mol. The summed E-state index contributed by atoms with van der Waals surface area (Å²) in [6.45, 7) is 11.6. The Bertz CT molecular complexity index is 1350. The van der Waals surface area contributed by atoms with Crippen molar-refractivity contribution in [2.75, 3.05) is 45.9 Å². The lowest BCUT2D eigenvalue weighted by atomic mass is 9.85. The van der Waals surface area contributed by atoms with Gasteiger partial charge in [-0.3, -0.25) is 9.69 Å². The number of ether oxygens (including phenoxy) is 1. The monoisotopic (exact) mass is 584 g/mol. The van der Waals surface area contributed by atoms with Gasteiger partial charge in [0, 0.05) is 63.6 Å². The van der Waals surface area contributed by atoms with E-state index in [1.807, 2.05) is 24.8 Å². The molecule has 1 aromatic heterocycles. The fraction of sp³-hybridized carbons (Fsp3) is 0.588. The second-order valence-electron chi connectivity index (χ2n) is 13.0. The Morgan fingerprint density at radius 3 is 2.30 bits per heavy atom. The molecule has 4 saturated heterocycles. The Morgan fingerprint density at radius 1 is 1.00 bits per heavy atom. The number of piperidine rings is 2. The molecule has 0 unspecified atom stereocenters.